The Morgan fingerprint density at radius 1 is 1.46 bits per heavy atom. The summed E-state index contributed by atoms with van der Waals surface area (Å²) in [6.45, 7) is 0.955. The number of nitrogens with one attached hydrogen (secondary N) is 1. The number of hydrogen-bond acceptors (Lipinski definition) is 2. The average molecular weight is 243 g/mol. The zero-order valence-electron chi connectivity index (χ0n) is 7.09. The normalized spacial score (nSPS) is 9.69. The zero-order chi connectivity index (χ0) is 9.68. The highest BCUT2D eigenvalue weighted by Gasteiger charge is 2.06. The molecule has 13 heavy (non-hydrogen) atoms. The van der Waals surface area contributed by atoms with Gasteiger partial charge < -0.3 is 11.1 Å². The van der Waals surface area contributed by atoms with Crippen LogP contribution in [0.2, 0.25) is 0 Å². The number of amides is 1. The van der Waals surface area contributed by atoms with Gasteiger partial charge in [0.1, 0.15) is 0 Å². The molecule has 0 atom stereocenters. The van der Waals surface area contributed by atoms with Gasteiger partial charge in [-0.25, -0.2) is 0 Å². The first-order chi connectivity index (χ1) is 6.25. The van der Waals surface area contributed by atoms with Gasteiger partial charge in [0.05, 0.1) is 5.56 Å². The van der Waals surface area contributed by atoms with Crippen molar-refractivity contribution in [1.29, 1.82) is 0 Å². The first kappa shape index (κ1) is 10.2. The molecule has 4 heteroatoms. The Bertz CT molecular complexity index is 301. The Morgan fingerprint density at radius 3 is 2.77 bits per heavy atom. The van der Waals surface area contributed by atoms with Gasteiger partial charge in [-0.1, -0.05) is 12.1 Å². The molecule has 0 spiro atoms. The van der Waals surface area contributed by atoms with Gasteiger partial charge in [-0.3, -0.25) is 4.79 Å². The number of carbonyl (C=O) groups is 1. The topological polar surface area (TPSA) is 55.1 Å². The molecule has 0 aliphatic rings. The molecule has 0 aromatic heterocycles. The molecule has 0 aliphatic heterocycles. The standard InChI is InChI=1S/C9H11BrN2O/c10-8-4-2-1-3-7(8)9(13)12-6-5-11/h1-4H,5-6,11H2,(H,12,13). The fourth-order valence-electron chi connectivity index (χ4n) is 0.926. The molecule has 3 N–H and O–H groups in total. The number of benzene rings is 1. The lowest BCUT2D eigenvalue weighted by atomic mass is 10.2. The van der Waals surface area contributed by atoms with Crippen molar-refractivity contribution in [2.24, 2.45) is 5.73 Å². The molecule has 1 aromatic rings. The third-order valence-electron chi connectivity index (χ3n) is 1.55. The van der Waals surface area contributed by atoms with Crippen molar-refractivity contribution < 1.29 is 4.79 Å². The van der Waals surface area contributed by atoms with E-state index in [9.17, 15) is 4.79 Å². The second-order valence-electron chi connectivity index (χ2n) is 2.52. The first-order valence-corrected chi connectivity index (χ1v) is 4.78. The first-order valence-electron chi connectivity index (χ1n) is 3.98. The van der Waals surface area contributed by atoms with Crippen LogP contribution >= 0.6 is 15.9 Å². The predicted molar refractivity (Wildman–Crippen MR) is 55.5 cm³/mol. The van der Waals surface area contributed by atoms with Gasteiger partial charge in [-0.05, 0) is 28.1 Å². The second kappa shape index (κ2) is 4.99. The molecule has 70 valence electrons. The van der Waals surface area contributed by atoms with Gasteiger partial charge in [0.15, 0.2) is 0 Å². The van der Waals surface area contributed by atoms with Crippen LogP contribution in [0.5, 0.6) is 0 Å². The lowest BCUT2D eigenvalue weighted by molar-refractivity contribution is 0.0954. The van der Waals surface area contributed by atoms with Crippen molar-refractivity contribution in [3.63, 3.8) is 0 Å². The minimum absolute atomic E-state index is 0.0991. The molecular formula is C9H11BrN2O. The van der Waals surface area contributed by atoms with Crippen LogP contribution in [0.4, 0.5) is 0 Å². The highest BCUT2D eigenvalue weighted by molar-refractivity contribution is 9.10. The van der Waals surface area contributed by atoms with Crippen molar-refractivity contribution >= 4 is 21.8 Å². The Morgan fingerprint density at radius 2 is 2.15 bits per heavy atom. The summed E-state index contributed by atoms with van der Waals surface area (Å²) in [6.07, 6.45) is 0. The van der Waals surface area contributed by atoms with Crippen LogP contribution in [-0.2, 0) is 0 Å². The molecule has 0 saturated heterocycles. The third kappa shape index (κ3) is 2.82. The van der Waals surface area contributed by atoms with Crippen LogP contribution in [-0.4, -0.2) is 19.0 Å². The molecule has 0 bridgehead atoms. The van der Waals surface area contributed by atoms with E-state index in [0.717, 1.165) is 4.47 Å². The molecule has 0 unspecified atom stereocenters. The van der Waals surface area contributed by atoms with Crippen LogP contribution in [0, 0.1) is 0 Å². The number of hydrogen-bond donors (Lipinski definition) is 2. The third-order valence-corrected chi connectivity index (χ3v) is 2.24. The summed E-state index contributed by atoms with van der Waals surface area (Å²) in [5, 5.41) is 2.70. The van der Waals surface area contributed by atoms with E-state index in [1.54, 1.807) is 6.07 Å². The van der Waals surface area contributed by atoms with E-state index in [1.165, 1.54) is 0 Å². The molecule has 1 aromatic carbocycles. The van der Waals surface area contributed by atoms with Crippen molar-refractivity contribution in [2.75, 3.05) is 13.1 Å². The molecule has 3 nitrogen and oxygen atoms in total. The summed E-state index contributed by atoms with van der Waals surface area (Å²) in [5.74, 6) is -0.0991. The second-order valence-corrected chi connectivity index (χ2v) is 3.38. The van der Waals surface area contributed by atoms with E-state index >= 15 is 0 Å². The van der Waals surface area contributed by atoms with E-state index in [1.807, 2.05) is 18.2 Å². The molecular weight excluding hydrogens is 232 g/mol. The van der Waals surface area contributed by atoms with Gasteiger partial charge >= 0.3 is 0 Å². The molecule has 0 saturated carbocycles. The number of carbonyl (C=O) groups excluding carboxylic acids is 1. The van der Waals surface area contributed by atoms with Gasteiger partial charge in [0.2, 0.25) is 0 Å². The zero-order valence-corrected chi connectivity index (χ0v) is 8.67. The molecule has 1 amide bonds. The summed E-state index contributed by atoms with van der Waals surface area (Å²) >= 11 is 3.30. The van der Waals surface area contributed by atoms with Gasteiger partial charge in [-0.2, -0.15) is 0 Å². The van der Waals surface area contributed by atoms with E-state index < -0.39 is 0 Å². The van der Waals surface area contributed by atoms with Crippen LogP contribution in [0.1, 0.15) is 10.4 Å². The predicted octanol–water partition coefficient (Wildman–Crippen LogP) is 1.14. The van der Waals surface area contributed by atoms with Crippen molar-refractivity contribution in [3.05, 3.63) is 34.3 Å². The molecule has 0 fully saturated rings. The SMILES string of the molecule is NCCNC(=O)c1ccccc1Br. The Kier molecular flexibility index (Phi) is 3.92. The minimum atomic E-state index is -0.0991. The van der Waals surface area contributed by atoms with Gasteiger partial charge in [-0.15, -0.1) is 0 Å². The van der Waals surface area contributed by atoms with E-state index in [2.05, 4.69) is 21.2 Å². The van der Waals surface area contributed by atoms with E-state index in [0.29, 0.717) is 18.7 Å². The Labute approximate surface area is 85.4 Å². The quantitative estimate of drug-likeness (QED) is 0.836. The van der Waals surface area contributed by atoms with Crippen molar-refractivity contribution in [1.82, 2.24) is 5.32 Å². The fraction of sp³-hybridized carbons (Fsp3) is 0.222. The van der Waals surface area contributed by atoms with Crippen LogP contribution in [0.25, 0.3) is 0 Å². The minimum Gasteiger partial charge on any atom is -0.351 e. The van der Waals surface area contributed by atoms with Crippen LogP contribution < -0.4 is 11.1 Å². The van der Waals surface area contributed by atoms with Crippen LogP contribution in [0.15, 0.2) is 28.7 Å². The van der Waals surface area contributed by atoms with Crippen molar-refractivity contribution in [3.8, 4) is 0 Å². The molecule has 0 heterocycles. The lowest BCUT2D eigenvalue weighted by Gasteiger charge is -2.04. The van der Waals surface area contributed by atoms with Gasteiger partial charge in [0.25, 0.3) is 5.91 Å². The average Bonchev–Trinajstić information content (AvgIpc) is 2.15. The summed E-state index contributed by atoms with van der Waals surface area (Å²) in [6, 6.07) is 7.28. The largest absolute Gasteiger partial charge is 0.351 e. The number of halogens is 1. The summed E-state index contributed by atoms with van der Waals surface area (Å²) < 4.78 is 0.796. The van der Waals surface area contributed by atoms with E-state index in [-0.39, 0.29) is 5.91 Å². The number of nitrogens with two attached hydrogens (primary N) is 1. The molecule has 1 rings (SSSR count). The Hall–Kier alpha value is -0.870. The highest BCUT2D eigenvalue weighted by atomic mass is 79.9. The lowest BCUT2D eigenvalue weighted by Crippen LogP contribution is -2.29. The maximum absolute atomic E-state index is 11.4. The Balaban J connectivity index is 2.71. The number of rotatable bonds is 3. The summed E-state index contributed by atoms with van der Waals surface area (Å²) in [4.78, 5) is 11.4. The fourth-order valence-corrected chi connectivity index (χ4v) is 1.39. The molecule has 0 aliphatic carbocycles. The van der Waals surface area contributed by atoms with Crippen LogP contribution in [0.3, 0.4) is 0 Å². The monoisotopic (exact) mass is 242 g/mol. The summed E-state index contributed by atoms with van der Waals surface area (Å²) in [5.41, 5.74) is 5.90. The summed E-state index contributed by atoms with van der Waals surface area (Å²) in [7, 11) is 0. The van der Waals surface area contributed by atoms with E-state index in [4.69, 9.17) is 5.73 Å². The maximum atomic E-state index is 11.4. The maximum Gasteiger partial charge on any atom is 0.252 e. The smallest absolute Gasteiger partial charge is 0.252 e. The van der Waals surface area contributed by atoms with Gasteiger partial charge in [0, 0.05) is 17.6 Å². The van der Waals surface area contributed by atoms with Crippen molar-refractivity contribution in [2.45, 2.75) is 0 Å². The highest BCUT2D eigenvalue weighted by Crippen LogP contribution is 2.15. The molecule has 0 radical (unpaired) electrons.